The van der Waals surface area contributed by atoms with Gasteiger partial charge >= 0.3 is 0 Å². The molecule has 3 rings (SSSR count). The molecule has 1 nitrogen and oxygen atoms in total. The number of hydrogen-bond donors (Lipinski definition) is 1. The van der Waals surface area contributed by atoms with Crippen LogP contribution in [0.25, 0.3) is 0 Å². The zero-order chi connectivity index (χ0) is 14.1. The zero-order valence-electron chi connectivity index (χ0n) is 10.9. The van der Waals surface area contributed by atoms with Gasteiger partial charge in [0.05, 0.1) is 0 Å². The van der Waals surface area contributed by atoms with E-state index in [4.69, 9.17) is 28.9 Å². The van der Waals surface area contributed by atoms with Crippen LogP contribution in [-0.4, -0.2) is 5.75 Å². The lowest BCUT2D eigenvalue weighted by Gasteiger charge is -2.11. The van der Waals surface area contributed by atoms with Crippen molar-refractivity contribution >= 4 is 46.3 Å². The van der Waals surface area contributed by atoms with E-state index in [1.165, 1.54) is 27.5 Å². The van der Waals surface area contributed by atoms with Crippen molar-refractivity contribution in [2.24, 2.45) is 5.73 Å². The smallest absolute Gasteiger partial charge is 0.0453 e. The normalized spacial score (nSPS) is 15.9. The van der Waals surface area contributed by atoms with Gasteiger partial charge in [-0.25, -0.2) is 0 Å². The van der Waals surface area contributed by atoms with Crippen LogP contribution >= 0.6 is 46.3 Å². The number of rotatable bonds is 3. The van der Waals surface area contributed by atoms with Gasteiger partial charge in [0.25, 0.3) is 0 Å². The van der Waals surface area contributed by atoms with Crippen molar-refractivity contribution in [2.45, 2.75) is 24.6 Å². The first kappa shape index (κ1) is 14.7. The summed E-state index contributed by atoms with van der Waals surface area (Å²) in [4.78, 5) is 2.78. The first-order valence-corrected chi connectivity index (χ1v) is 9.25. The molecule has 1 aliphatic heterocycles. The lowest BCUT2D eigenvalue weighted by molar-refractivity contribution is 0.736. The Kier molecular flexibility index (Phi) is 4.63. The zero-order valence-corrected chi connectivity index (χ0v) is 14.0. The molecule has 0 spiro atoms. The molecule has 1 atom stereocenters. The Labute approximate surface area is 137 Å². The van der Waals surface area contributed by atoms with Crippen molar-refractivity contribution in [1.29, 1.82) is 0 Å². The average Bonchev–Trinajstić information content (AvgIpc) is 2.86. The summed E-state index contributed by atoms with van der Waals surface area (Å²) in [5.41, 5.74) is 8.89. The summed E-state index contributed by atoms with van der Waals surface area (Å²) in [6.07, 6.45) is 1.93. The van der Waals surface area contributed by atoms with Gasteiger partial charge in [0.1, 0.15) is 0 Å². The molecule has 2 aromatic rings. The molecule has 0 aliphatic carbocycles. The van der Waals surface area contributed by atoms with Gasteiger partial charge in [-0.3, -0.25) is 0 Å². The molecule has 20 heavy (non-hydrogen) atoms. The summed E-state index contributed by atoms with van der Waals surface area (Å²) in [7, 11) is 0. The van der Waals surface area contributed by atoms with E-state index in [1.807, 2.05) is 35.2 Å². The van der Waals surface area contributed by atoms with Gasteiger partial charge in [0, 0.05) is 31.6 Å². The second kappa shape index (κ2) is 6.29. The Balaban J connectivity index is 1.78. The highest BCUT2D eigenvalue weighted by atomic mass is 35.5. The van der Waals surface area contributed by atoms with Gasteiger partial charge in [-0.1, -0.05) is 29.3 Å². The topological polar surface area (TPSA) is 26.0 Å². The third-order valence-electron chi connectivity index (χ3n) is 3.47. The highest BCUT2D eigenvalue weighted by molar-refractivity contribution is 7.98. The van der Waals surface area contributed by atoms with Gasteiger partial charge < -0.3 is 5.73 Å². The van der Waals surface area contributed by atoms with Crippen molar-refractivity contribution in [3.8, 4) is 0 Å². The molecule has 1 aromatic carbocycles. The Bertz CT molecular complexity index is 601. The predicted molar refractivity (Wildman–Crippen MR) is 91.3 cm³/mol. The Hall–Kier alpha value is -0.190. The molecule has 2 N–H and O–H groups in total. The molecular formula is C15H15Cl2NS2. The fourth-order valence-corrected chi connectivity index (χ4v) is 5.24. The third kappa shape index (κ3) is 3.18. The summed E-state index contributed by atoms with van der Waals surface area (Å²) < 4.78 is 0. The molecule has 2 heterocycles. The molecule has 0 bridgehead atoms. The first-order chi connectivity index (χ1) is 9.63. The molecule has 5 heteroatoms. The number of nitrogens with two attached hydrogens (primary N) is 1. The largest absolute Gasteiger partial charge is 0.323 e. The number of halogens is 2. The van der Waals surface area contributed by atoms with Crippen LogP contribution in [0.15, 0.2) is 24.3 Å². The molecule has 1 aliphatic rings. The SMILES string of the molecule is NC(Cc1ccc(Cl)cc1Cl)c1cc2c(s1)CCSC2. The minimum atomic E-state index is 0.00859. The lowest BCUT2D eigenvalue weighted by Crippen LogP contribution is -2.12. The van der Waals surface area contributed by atoms with E-state index in [1.54, 1.807) is 6.07 Å². The minimum Gasteiger partial charge on any atom is -0.323 e. The van der Waals surface area contributed by atoms with Crippen LogP contribution in [-0.2, 0) is 18.6 Å². The number of thioether (sulfide) groups is 1. The molecule has 0 fully saturated rings. The van der Waals surface area contributed by atoms with Crippen LogP contribution in [0.3, 0.4) is 0 Å². The van der Waals surface area contributed by atoms with Crippen molar-refractivity contribution in [2.75, 3.05) is 5.75 Å². The monoisotopic (exact) mass is 343 g/mol. The molecule has 0 amide bonds. The lowest BCUT2D eigenvalue weighted by atomic mass is 10.0. The Morgan fingerprint density at radius 3 is 2.85 bits per heavy atom. The van der Waals surface area contributed by atoms with Crippen molar-refractivity contribution < 1.29 is 0 Å². The fraction of sp³-hybridized carbons (Fsp3) is 0.333. The van der Waals surface area contributed by atoms with Crippen LogP contribution in [0.2, 0.25) is 10.0 Å². The molecule has 106 valence electrons. The van der Waals surface area contributed by atoms with Crippen molar-refractivity contribution in [3.63, 3.8) is 0 Å². The molecule has 1 aromatic heterocycles. The highest BCUT2D eigenvalue weighted by Gasteiger charge is 2.18. The van der Waals surface area contributed by atoms with E-state index in [0.29, 0.717) is 10.0 Å². The quantitative estimate of drug-likeness (QED) is 0.840. The second-order valence-electron chi connectivity index (χ2n) is 4.95. The number of thiophene rings is 1. The highest BCUT2D eigenvalue weighted by Crippen LogP contribution is 2.35. The van der Waals surface area contributed by atoms with Crippen molar-refractivity contribution in [3.05, 3.63) is 55.2 Å². The predicted octanol–water partition coefficient (Wildman–Crippen LogP) is 5.09. The standard InChI is InChI=1S/C15H15Cl2NS2/c16-11-2-1-9(12(17)7-11)5-13(18)15-6-10-8-19-4-3-14(10)20-15/h1-2,6-7,13H,3-5,8,18H2. The number of hydrogen-bond acceptors (Lipinski definition) is 3. The average molecular weight is 344 g/mol. The van der Waals surface area contributed by atoms with Gasteiger partial charge in [-0.2, -0.15) is 11.8 Å². The van der Waals surface area contributed by atoms with Gasteiger partial charge in [0.15, 0.2) is 0 Å². The summed E-state index contributed by atoms with van der Waals surface area (Å²) in [5.74, 6) is 2.35. The molecule has 0 saturated heterocycles. The van der Waals surface area contributed by atoms with E-state index in [2.05, 4.69) is 6.07 Å². The van der Waals surface area contributed by atoms with E-state index in [9.17, 15) is 0 Å². The first-order valence-electron chi connectivity index (χ1n) is 6.52. The maximum atomic E-state index is 6.36. The maximum Gasteiger partial charge on any atom is 0.0453 e. The molecular weight excluding hydrogens is 329 g/mol. The number of aryl methyl sites for hydroxylation is 1. The Morgan fingerprint density at radius 1 is 1.25 bits per heavy atom. The van der Waals surface area contributed by atoms with E-state index < -0.39 is 0 Å². The molecule has 0 saturated carbocycles. The van der Waals surface area contributed by atoms with Crippen LogP contribution in [0.1, 0.15) is 26.9 Å². The van der Waals surface area contributed by atoms with Crippen LogP contribution < -0.4 is 5.73 Å². The van der Waals surface area contributed by atoms with Crippen LogP contribution in [0.4, 0.5) is 0 Å². The minimum absolute atomic E-state index is 0.00859. The van der Waals surface area contributed by atoms with Gasteiger partial charge in [-0.15, -0.1) is 11.3 Å². The van der Waals surface area contributed by atoms with Crippen molar-refractivity contribution in [1.82, 2.24) is 0 Å². The van der Waals surface area contributed by atoms with Gasteiger partial charge in [-0.05, 0) is 47.9 Å². The number of fused-ring (bicyclic) bond motifs is 1. The summed E-state index contributed by atoms with van der Waals surface area (Å²) in [6.45, 7) is 0. The summed E-state index contributed by atoms with van der Waals surface area (Å²) in [5, 5.41) is 1.36. The third-order valence-corrected chi connectivity index (χ3v) is 6.43. The van der Waals surface area contributed by atoms with Crippen LogP contribution in [0.5, 0.6) is 0 Å². The second-order valence-corrected chi connectivity index (χ2v) is 8.06. The van der Waals surface area contributed by atoms with Crippen LogP contribution in [0, 0.1) is 0 Å². The number of benzene rings is 1. The van der Waals surface area contributed by atoms with E-state index in [-0.39, 0.29) is 6.04 Å². The summed E-state index contributed by atoms with van der Waals surface area (Å²) >= 11 is 16.0. The molecule has 1 unspecified atom stereocenters. The fourth-order valence-electron chi connectivity index (χ4n) is 2.38. The summed E-state index contributed by atoms with van der Waals surface area (Å²) in [6, 6.07) is 7.90. The van der Waals surface area contributed by atoms with E-state index in [0.717, 1.165) is 17.7 Å². The Morgan fingerprint density at radius 2 is 2.10 bits per heavy atom. The van der Waals surface area contributed by atoms with Gasteiger partial charge in [0.2, 0.25) is 0 Å². The molecule has 0 radical (unpaired) electrons. The maximum absolute atomic E-state index is 6.36. The van der Waals surface area contributed by atoms with E-state index >= 15 is 0 Å².